The molecule has 0 saturated carbocycles. The number of aromatic hydroxyl groups is 1. The van der Waals surface area contributed by atoms with E-state index in [1.807, 2.05) is 24.4 Å². The molecule has 152 valence electrons. The number of rotatable bonds is 7. The normalized spacial score (nSPS) is 17.6. The van der Waals surface area contributed by atoms with E-state index in [1.165, 1.54) is 24.0 Å². The Balaban J connectivity index is 1.28. The number of nitrogens with one attached hydrogen (secondary N) is 1. The van der Waals surface area contributed by atoms with Crippen LogP contribution in [0.5, 0.6) is 5.75 Å². The van der Waals surface area contributed by atoms with Crippen molar-refractivity contribution in [2.75, 3.05) is 19.6 Å². The number of carbonyl (C=O) groups is 1. The van der Waals surface area contributed by atoms with Crippen molar-refractivity contribution in [3.05, 3.63) is 65.4 Å². The average molecular weight is 392 g/mol. The van der Waals surface area contributed by atoms with E-state index >= 15 is 0 Å². The highest BCUT2D eigenvalue weighted by atomic mass is 16.4. The van der Waals surface area contributed by atoms with Gasteiger partial charge in [0.25, 0.3) is 0 Å². The lowest BCUT2D eigenvalue weighted by atomic mass is 9.90. The summed E-state index contributed by atoms with van der Waals surface area (Å²) in [6.07, 6.45) is 7.65. The van der Waals surface area contributed by atoms with Crippen LogP contribution in [0.2, 0.25) is 0 Å². The van der Waals surface area contributed by atoms with Crippen molar-refractivity contribution < 1.29 is 15.0 Å². The first-order valence-corrected chi connectivity index (χ1v) is 10.4. The number of likely N-dealkylation sites (tertiary alicyclic amines) is 1. The third kappa shape index (κ3) is 4.62. The number of aryl methyl sites for hydroxylation is 1. The van der Waals surface area contributed by atoms with Crippen LogP contribution in [-0.2, 0) is 6.42 Å². The molecule has 1 aliphatic rings. The SMILES string of the molecule is O=C(O)c1ccc2c(CCCCN3CCCC(c4cccc(O)c4)C3)c[nH]c2c1. The van der Waals surface area contributed by atoms with Gasteiger partial charge in [-0.05, 0) is 86.5 Å². The first-order chi connectivity index (χ1) is 14.1. The molecule has 1 unspecified atom stereocenters. The van der Waals surface area contributed by atoms with E-state index in [0.29, 0.717) is 17.2 Å². The lowest BCUT2D eigenvalue weighted by Crippen LogP contribution is -2.35. The van der Waals surface area contributed by atoms with E-state index in [4.69, 9.17) is 5.11 Å². The van der Waals surface area contributed by atoms with Gasteiger partial charge in [0.2, 0.25) is 0 Å². The number of benzene rings is 2. The molecule has 1 saturated heterocycles. The third-order valence-corrected chi connectivity index (χ3v) is 6.03. The molecule has 1 aliphatic heterocycles. The Kier molecular flexibility index (Phi) is 5.86. The quantitative estimate of drug-likeness (QED) is 0.506. The number of aromatic amines is 1. The standard InChI is InChI=1S/C24H28N2O3/c27-21-8-3-6-17(13-21)20-7-4-12-26(16-20)11-2-1-5-19-15-25-23-14-18(24(28)29)9-10-22(19)23/h3,6,8-10,13-15,20,25,27H,1-2,4-5,7,11-12,16H2,(H,28,29). The van der Waals surface area contributed by atoms with Gasteiger partial charge in [-0.1, -0.05) is 18.2 Å². The summed E-state index contributed by atoms with van der Waals surface area (Å²) in [5, 5.41) is 20.0. The topological polar surface area (TPSA) is 76.6 Å². The van der Waals surface area contributed by atoms with Crippen molar-refractivity contribution in [3.63, 3.8) is 0 Å². The lowest BCUT2D eigenvalue weighted by molar-refractivity contribution is 0.0697. The molecule has 1 fully saturated rings. The van der Waals surface area contributed by atoms with E-state index in [0.717, 1.165) is 49.8 Å². The number of aromatic carboxylic acids is 1. The summed E-state index contributed by atoms with van der Waals surface area (Å²) in [6, 6.07) is 13.0. The summed E-state index contributed by atoms with van der Waals surface area (Å²) < 4.78 is 0. The van der Waals surface area contributed by atoms with Gasteiger partial charge in [-0.25, -0.2) is 4.79 Å². The second-order valence-corrected chi connectivity index (χ2v) is 8.07. The zero-order chi connectivity index (χ0) is 20.2. The maximum absolute atomic E-state index is 11.1. The molecule has 0 spiro atoms. The van der Waals surface area contributed by atoms with E-state index in [9.17, 15) is 9.90 Å². The molecule has 2 heterocycles. The Bertz CT molecular complexity index is 995. The van der Waals surface area contributed by atoms with Crippen molar-refractivity contribution >= 4 is 16.9 Å². The highest BCUT2D eigenvalue weighted by Gasteiger charge is 2.21. The van der Waals surface area contributed by atoms with Gasteiger partial charge in [-0.15, -0.1) is 0 Å². The van der Waals surface area contributed by atoms with Crippen molar-refractivity contribution in [1.29, 1.82) is 0 Å². The molecule has 5 nitrogen and oxygen atoms in total. The fourth-order valence-corrected chi connectivity index (χ4v) is 4.49. The van der Waals surface area contributed by atoms with Crippen LogP contribution in [-0.4, -0.2) is 45.7 Å². The summed E-state index contributed by atoms with van der Waals surface area (Å²) in [7, 11) is 0. The number of unbranched alkanes of at least 4 members (excludes halogenated alkanes) is 1. The van der Waals surface area contributed by atoms with Crippen LogP contribution in [0.25, 0.3) is 10.9 Å². The second kappa shape index (κ2) is 8.70. The molecule has 29 heavy (non-hydrogen) atoms. The Morgan fingerprint density at radius 3 is 2.90 bits per heavy atom. The number of phenolic OH excluding ortho intramolecular Hbond substituents is 1. The van der Waals surface area contributed by atoms with Crippen LogP contribution in [0, 0.1) is 0 Å². The highest BCUT2D eigenvalue weighted by Crippen LogP contribution is 2.29. The molecular formula is C24H28N2O3. The number of hydrogen-bond acceptors (Lipinski definition) is 3. The van der Waals surface area contributed by atoms with E-state index < -0.39 is 5.97 Å². The van der Waals surface area contributed by atoms with Gasteiger partial charge in [0.05, 0.1) is 5.56 Å². The predicted octanol–water partition coefficient (Wildman–Crippen LogP) is 4.77. The largest absolute Gasteiger partial charge is 0.508 e. The third-order valence-electron chi connectivity index (χ3n) is 6.03. The van der Waals surface area contributed by atoms with E-state index in [1.54, 1.807) is 18.2 Å². The molecule has 4 rings (SSSR count). The second-order valence-electron chi connectivity index (χ2n) is 8.07. The number of phenols is 1. The Morgan fingerprint density at radius 1 is 1.17 bits per heavy atom. The van der Waals surface area contributed by atoms with Crippen molar-refractivity contribution in [3.8, 4) is 5.75 Å². The lowest BCUT2D eigenvalue weighted by Gasteiger charge is -2.33. The summed E-state index contributed by atoms with van der Waals surface area (Å²) in [5.41, 5.74) is 3.71. The van der Waals surface area contributed by atoms with Gasteiger partial charge in [0.1, 0.15) is 5.75 Å². The summed E-state index contributed by atoms with van der Waals surface area (Å²) >= 11 is 0. The number of carboxylic acid groups (broad SMARTS) is 1. The molecule has 0 bridgehead atoms. The summed E-state index contributed by atoms with van der Waals surface area (Å²) in [5.74, 6) is -0.0321. The monoisotopic (exact) mass is 392 g/mol. The molecular weight excluding hydrogens is 364 g/mol. The molecule has 2 aromatic carbocycles. The Morgan fingerprint density at radius 2 is 2.07 bits per heavy atom. The average Bonchev–Trinajstić information content (AvgIpc) is 3.14. The maximum Gasteiger partial charge on any atom is 0.335 e. The zero-order valence-electron chi connectivity index (χ0n) is 16.6. The van der Waals surface area contributed by atoms with Gasteiger partial charge in [0.15, 0.2) is 0 Å². The molecule has 5 heteroatoms. The fraction of sp³-hybridized carbons (Fsp3) is 0.375. The van der Waals surface area contributed by atoms with Gasteiger partial charge < -0.3 is 20.1 Å². The van der Waals surface area contributed by atoms with Crippen LogP contribution < -0.4 is 0 Å². The van der Waals surface area contributed by atoms with Crippen molar-refractivity contribution in [2.24, 2.45) is 0 Å². The van der Waals surface area contributed by atoms with Gasteiger partial charge >= 0.3 is 5.97 Å². The van der Waals surface area contributed by atoms with Crippen molar-refractivity contribution in [2.45, 2.75) is 38.0 Å². The van der Waals surface area contributed by atoms with Crippen LogP contribution >= 0.6 is 0 Å². The van der Waals surface area contributed by atoms with Gasteiger partial charge in [0, 0.05) is 23.6 Å². The Labute approximate surface area is 171 Å². The number of piperidine rings is 1. The number of carboxylic acids is 1. The van der Waals surface area contributed by atoms with Gasteiger partial charge in [-0.2, -0.15) is 0 Å². The molecule has 1 aromatic heterocycles. The first kappa shape index (κ1) is 19.5. The van der Waals surface area contributed by atoms with Crippen molar-refractivity contribution in [1.82, 2.24) is 9.88 Å². The fourth-order valence-electron chi connectivity index (χ4n) is 4.49. The molecule has 0 radical (unpaired) electrons. The Hall–Kier alpha value is -2.79. The van der Waals surface area contributed by atoms with Gasteiger partial charge in [-0.3, -0.25) is 0 Å². The molecule has 0 amide bonds. The smallest absolute Gasteiger partial charge is 0.335 e. The van der Waals surface area contributed by atoms with Crippen LogP contribution in [0.3, 0.4) is 0 Å². The van der Waals surface area contributed by atoms with Crippen LogP contribution in [0.4, 0.5) is 0 Å². The molecule has 3 aromatic rings. The molecule has 1 atom stereocenters. The summed E-state index contributed by atoms with van der Waals surface area (Å²) in [4.78, 5) is 16.9. The minimum absolute atomic E-state index is 0.317. The molecule has 3 N–H and O–H groups in total. The maximum atomic E-state index is 11.1. The van der Waals surface area contributed by atoms with Crippen LogP contribution in [0.15, 0.2) is 48.7 Å². The number of H-pyrrole nitrogens is 1. The number of aromatic nitrogens is 1. The number of fused-ring (bicyclic) bond motifs is 1. The first-order valence-electron chi connectivity index (χ1n) is 10.4. The predicted molar refractivity (Wildman–Crippen MR) is 115 cm³/mol. The minimum atomic E-state index is -0.895. The minimum Gasteiger partial charge on any atom is -0.508 e. The van der Waals surface area contributed by atoms with Crippen LogP contribution in [0.1, 0.15) is 53.1 Å². The number of nitrogens with zero attached hydrogens (tertiary/aromatic N) is 1. The van der Waals surface area contributed by atoms with E-state index in [-0.39, 0.29) is 0 Å². The summed E-state index contributed by atoms with van der Waals surface area (Å²) in [6.45, 7) is 3.32. The van der Waals surface area contributed by atoms with E-state index in [2.05, 4.69) is 16.0 Å². The zero-order valence-corrected chi connectivity index (χ0v) is 16.6. The number of hydrogen-bond donors (Lipinski definition) is 3. The molecule has 0 aliphatic carbocycles. The highest BCUT2D eigenvalue weighted by molar-refractivity contribution is 5.94.